The summed E-state index contributed by atoms with van der Waals surface area (Å²) in [5.74, 6) is -3.63. The molecular weight excluding hydrogens is 236 g/mol. The maximum absolute atomic E-state index is 10.9. The van der Waals surface area contributed by atoms with Gasteiger partial charge in [-0.15, -0.1) is 0 Å². The lowest BCUT2D eigenvalue weighted by Gasteiger charge is -2.10. The fraction of sp³-hybridized carbons (Fsp3) is 0. The van der Waals surface area contributed by atoms with Crippen LogP contribution in [0.1, 0.15) is 10.4 Å². The van der Waals surface area contributed by atoms with Crippen LogP contribution in [0, 0.1) is 0 Å². The molecule has 0 aliphatic carbocycles. The number of aromatic carboxylic acids is 1. The highest BCUT2D eigenvalue weighted by Gasteiger charge is 2.21. The summed E-state index contributed by atoms with van der Waals surface area (Å²) in [5.41, 5.74) is 0.209. The number of rotatable bonds is 2. The first-order chi connectivity index (χ1) is 8.52. The van der Waals surface area contributed by atoms with E-state index in [9.17, 15) is 20.1 Å². The first-order valence-corrected chi connectivity index (χ1v) is 5.09. The van der Waals surface area contributed by atoms with Crippen LogP contribution in [0.25, 0.3) is 11.1 Å². The van der Waals surface area contributed by atoms with Gasteiger partial charge in [0.05, 0.1) is 0 Å². The lowest BCUT2D eigenvalue weighted by molar-refractivity contribution is 0.0693. The Morgan fingerprint density at radius 1 is 0.889 bits per heavy atom. The lowest BCUT2D eigenvalue weighted by Crippen LogP contribution is -1.98. The van der Waals surface area contributed by atoms with Crippen molar-refractivity contribution in [2.75, 3.05) is 0 Å². The van der Waals surface area contributed by atoms with Gasteiger partial charge in [-0.2, -0.15) is 0 Å². The number of hydrogen-bond acceptors (Lipinski definition) is 4. The van der Waals surface area contributed by atoms with Gasteiger partial charge in [0.2, 0.25) is 5.75 Å². The molecule has 0 spiro atoms. The molecule has 0 bridgehead atoms. The molecule has 0 aromatic heterocycles. The number of aromatic hydroxyl groups is 3. The van der Waals surface area contributed by atoms with Crippen LogP contribution in [-0.2, 0) is 0 Å². The number of hydrogen-bond donors (Lipinski definition) is 4. The molecule has 0 unspecified atom stereocenters. The van der Waals surface area contributed by atoms with E-state index in [0.717, 1.165) is 6.07 Å². The summed E-state index contributed by atoms with van der Waals surface area (Å²) in [6.45, 7) is 0. The van der Waals surface area contributed by atoms with Gasteiger partial charge >= 0.3 is 5.97 Å². The van der Waals surface area contributed by atoms with Gasteiger partial charge in [-0.1, -0.05) is 30.3 Å². The van der Waals surface area contributed by atoms with Crippen molar-refractivity contribution in [3.63, 3.8) is 0 Å². The highest BCUT2D eigenvalue weighted by atomic mass is 16.4. The Morgan fingerprint density at radius 3 is 2.06 bits per heavy atom. The Kier molecular flexibility index (Phi) is 2.81. The fourth-order valence-corrected chi connectivity index (χ4v) is 1.65. The van der Waals surface area contributed by atoms with Gasteiger partial charge < -0.3 is 20.4 Å². The van der Waals surface area contributed by atoms with Crippen LogP contribution in [-0.4, -0.2) is 26.4 Å². The van der Waals surface area contributed by atoms with Crippen LogP contribution in [0.3, 0.4) is 0 Å². The summed E-state index contributed by atoms with van der Waals surface area (Å²) >= 11 is 0. The summed E-state index contributed by atoms with van der Waals surface area (Å²) < 4.78 is 0. The minimum atomic E-state index is -1.39. The average molecular weight is 246 g/mol. The van der Waals surface area contributed by atoms with E-state index in [1.54, 1.807) is 30.3 Å². The van der Waals surface area contributed by atoms with E-state index in [1.165, 1.54) is 0 Å². The van der Waals surface area contributed by atoms with Crippen LogP contribution >= 0.6 is 0 Å². The van der Waals surface area contributed by atoms with Crippen LogP contribution in [0.5, 0.6) is 17.2 Å². The van der Waals surface area contributed by atoms with E-state index >= 15 is 0 Å². The van der Waals surface area contributed by atoms with Gasteiger partial charge in [-0.3, -0.25) is 0 Å². The SMILES string of the molecule is O=C(O)c1cc(-c2ccccc2)c(O)c(O)c1O. The number of phenolic OH excluding ortho intramolecular Hbond substituents is 2. The molecule has 0 aliphatic heterocycles. The number of benzene rings is 2. The first kappa shape index (κ1) is 11.8. The van der Waals surface area contributed by atoms with Gasteiger partial charge in [0.1, 0.15) is 5.56 Å². The number of carboxylic acids is 1. The maximum atomic E-state index is 10.9. The molecule has 18 heavy (non-hydrogen) atoms. The third-order valence-corrected chi connectivity index (χ3v) is 2.56. The number of carboxylic acid groups (broad SMARTS) is 1. The molecule has 92 valence electrons. The summed E-state index contributed by atoms with van der Waals surface area (Å²) in [4.78, 5) is 10.9. The van der Waals surface area contributed by atoms with Crippen molar-refractivity contribution in [1.29, 1.82) is 0 Å². The normalized spacial score (nSPS) is 10.2. The Labute approximate surface area is 102 Å². The van der Waals surface area contributed by atoms with E-state index in [-0.39, 0.29) is 5.56 Å². The Balaban J connectivity index is 2.73. The Bertz CT molecular complexity index is 605. The summed E-state index contributed by atoms with van der Waals surface area (Å²) in [6.07, 6.45) is 0. The zero-order chi connectivity index (χ0) is 13.3. The topological polar surface area (TPSA) is 98.0 Å². The first-order valence-electron chi connectivity index (χ1n) is 5.09. The molecule has 5 nitrogen and oxygen atoms in total. The van der Waals surface area contributed by atoms with Crippen molar-refractivity contribution in [3.8, 4) is 28.4 Å². The minimum Gasteiger partial charge on any atom is -0.504 e. The molecule has 0 saturated carbocycles. The predicted molar refractivity (Wildman–Crippen MR) is 63.8 cm³/mol. The Morgan fingerprint density at radius 2 is 1.50 bits per heavy atom. The van der Waals surface area contributed by atoms with Crippen molar-refractivity contribution in [2.24, 2.45) is 0 Å². The van der Waals surface area contributed by atoms with E-state index in [0.29, 0.717) is 5.56 Å². The molecular formula is C13H10O5. The second-order valence-corrected chi connectivity index (χ2v) is 3.69. The van der Waals surface area contributed by atoms with Gasteiger partial charge in [0.25, 0.3) is 0 Å². The molecule has 2 rings (SSSR count). The predicted octanol–water partition coefficient (Wildman–Crippen LogP) is 2.17. The molecule has 0 amide bonds. The molecule has 0 fully saturated rings. The van der Waals surface area contributed by atoms with E-state index in [4.69, 9.17) is 5.11 Å². The molecule has 0 atom stereocenters. The highest BCUT2D eigenvalue weighted by Crippen LogP contribution is 2.44. The minimum absolute atomic E-state index is 0.142. The largest absolute Gasteiger partial charge is 0.504 e. The summed E-state index contributed by atoms with van der Waals surface area (Å²) in [5, 5.41) is 37.6. The molecule has 2 aromatic rings. The van der Waals surface area contributed by atoms with Gasteiger partial charge in [0, 0.05) is 5.56 Å². The van der Waals surface area contributed by atoms with Crippen molar-refractivity contribution in [3.05, 3.63) is 42.0 Å². The summed E-state index contributed by atoms with van der Waals surface area (Å²) in [7, 11) is 0. The molecule has 0 radical (unpaired) electrons. The zero-order valence-electron chi connectivity index (χ0n) is 9.16. The molecule has 2 aromatic carbocycles. The molecule has 0 aliphatic rings. The van der Waals surface area contributed by atoms with Crippen molar-refractivity contribution >= 4 is 5.97 Å². The zero-order valence-corrected chi connectivity index (χ0v) is 9.16. The highest BCUT2D eigenvalue weighted by molar-refractivity contribution is 5.95. The van der Waals surface area contributed by atoms with Gasteiger partial charge in [-0.25, -0.2) is 4.79 Å². The third kappa shape index (κ3) is 1.82. The van der Waals surface area contributed by atoms with E-state index in [1.807, 2.05) is 0 Å². The maximum Gasteiger partial charge on any atom is 0.339 e. The van der Waals surface area contributed by atoms with Crippen molar-refractivity contribution in [1.82, 2.24) is 0 Å². The van der Waals surface area contributed by atoms with Crippen LogP contribution < -0.4 is 0 Å². The molecule has 5 heteroatoms. The fourth-order valence-electron chi connectivity index (χ4n) is 1.65. The van der Waals surface area contributed by atoms with E-state index < -0.39 is 28.8 Å². The second kappa shape index (κ2) is 4.29. The van der Waals surface area contributed by atoms with Gasteiger partial charge in [0.15, 0.2) is 11.5 Å². The van der Waals surface area contributed by atoms with Gasteiger partial charge in [-0.05, 0) is 11.6 Å². The Hall–Kier alpha value is -2.69. The number of carbonyl (C=O) groups is 1. The van der Waals surface area contributed by atoms with Crippen LogP contribution in [0.15, 0.2) is 36.4 Å². The third-order valence-electron chi connectivity index (χ3n) is 2.56. The molecule has 4 N–H and O–H groups in total. The second-order valence-electron chi connectivity index (χ2n) is 3.69. The monoisotopic (exact) mass is 246 g/mol. The standard InChI is InChI=1S/C13H10O5/c14-10-8(7-4-2-1-3-5-7)6-9(13(17)18)11(15)12(10)16/h1-6,14-16H,(H,17,18). The molecule has 0 heterocycles. The lowest BCUT2D eigenvalue weighted by atomic mass is 10.0. The van der Waals surface area contributed by atoms with Crippen molar-refractivity contribution < 1.29 is 25.2 Å². The summed E-state index contributed by atoms with van der Waals surface area (Å²) in [6, 6.07) is 9.59. The quantitative estimate of drug-likeness (QED) is 0.609. The van der Waals surface area contributed by atoms with E-state index in [2.05, 4.69) is 0 Å². The smallest absolute Gasteiger partial charge is 0.339 e. The van der Waals surface area contributed by atoms with Crippen LogP contribution in [0.2, 0.25) is 0 Å². The average Bonchev–Trinajstić information content (AvgIpc) is 2.37. The number of phenols is 3. The molecule has 0 saturated heterocycles. The van der Waals surface area contributed by atoms with Crippen molar-refractivity contribution in [2.45, 2.75) is 0 Å². The van der Waals surface area contributed by atoms with Crippen LogP contribution in [0.4, 0.5) is 0 Å².